The van der Waals surface area contributed by atoms with Crippen LogP contribution in [0, 0.1) is 0 Å². The van der Waals surface area contributed by atoms with Gasteiger partial charge in [-0.05, 0) is 29.8 Å². The molecule has 0 spiro atoms. The first kappa shape index (κ1) is 22.0. The number of thiazole rings is 1. The van der Waals surface area contributed by atoms with Gasteiger partial charge in [0.05, 0.1) is 32.2 Å². The first-order chi connectivity index (χ1) is 16.5. The lowest BCUT2D eigenvalue weighted by molar-refractivity contribution is -0.137. The van der Waals surface area contributed by atoms with Gasteiger partial charge in [-0.1, -0.05) is 78.9 Å². The molecule has 1 aromatic heterocycles. The van der Waals surface area contributed by atoms with Crippen LogP contribution in [0.5, 0.6) is 0 Å². The molecular formula is C28H19F3N2S. The summed E-state index contributed by atoms with van der Waals surface area (Å²) in [6.45, 7) is 0. The van der Waals surface area contributed by atoms with E-state index in [1.54, 1.807) is 6.07 Å². The van der Waals surface area contributed by atoms with Crippen molar-refractivity contribution in [3.8, 4) is 0 Å². The van der Waals surface area contributed by atoms with Gasteiger partial charge in [0, 0.05) is 17.5 Å². The zero-order valence-corrected chi connectivity index (χ0v) is 18.8. The second kappa shape index (κ2) is 9.23. The van der Waals surface area contributed by atoms with Gasteiger partial charge in [0.1, 0.15) is 0 Å². The van der Waals surface area contributed by atoms with Crippen molar-refractivity contribution in [3.05, 3.63) is 130 Å². The average Bonchev–Trinajstić information content (AvgIpc) is 3.25. The summed E-state index contributed by atoms with van der Waals surface area (Å²) >= 11 is 1.48. The van der Waals surface area contributed by atoms with E-state index in [4.69, 9.17) is 4.99 Å². The molecule has 0 N–H and O–H groups in total. The van der Waals surface area contributed by atoms with Crippen LogP contribution in [0.2, 0.25) is 0 Å². The molecule has 0 unspecified atom stereocenters. The Balaban J connectivity index is 1.48. The highest BCUT2D eigenvalue weighted by Crippen LogP contribution is 2.32. The van der Waals surface area contributed by atoms with Crippen LogP contribution >= 0.6 is 11.3 Å². The number of aliphatic imine (C=N–C) groups is 1. The average molecular weight is 473 g/mol. The molecule has 0 bridgehead atoms. The number of rotatable bonds is 5. The second-order valence-corrected chi connectivity index (χ2v) is 8.94. The van der Waals surface area contributed by atoms with E-state index in [0.29, 0.717) is 12.0 Å². The van der Waals surface area contributed by atoms with Crippen molar-refractivity contribution < 1.29 is 13.2 Å². The van der Waals surface area contributed by atoms with Crippen molar-refractivity contribution in [1.29, 1.82) is 0 Å². The number of fused-ring (bicyclic) bond motifs is 1. The SMILES string of the molecule is FC(F)(F)c1cccc(Cc2nc3ccc(N=C(c4ccccc4)c4ccccc4)cc3s2)c1. The summed E-state index contributed by atoms with van der Waals surface area (Å²) in [4.78, 5) is 9.58. The third-order valence-electron chi connectivity index (χ3n) is 5.36. The fraction of sp³-hybridized carbons (Fsp3) is 0.0714. The Labute approximate surface area is 199 Å². The standard InChI is InChI=1S/C28H19F3N2S/c29-28(30,31)22-13-7-8-19(16-22)17-26-33-24-15-14-23(18-25(24)34-26)32-27(20-9-3-1-4-10-20)21-11-5-2-6-12-21/h1-16,18H,17H2. The van der Waals surface area contributed by atoms with Gasteiger partial charge < -0.3 is 0 Å². The molecular weight excluding hydrogens is 453 g/mol. The largest absolute Gasteiger partial charge is 0.416 e. The van der Waals surface area contributed by atoms with Gasteiger partial charge in [-0.3, -0.25) is 0 Å². The highest BCUT2D eigenvalue weighted by molar-refractivity contribution is 7.18. The van der Waals surface area contributed by atoms with Crippen LogP contribution in [-0.4, -0.2) is 10.7 Å². The van der Waals surface area contributed by atoms with E-state index < -0.39 is 11.7 Å². The third kappa shape index (κ3) is 4.92. The predicted molar refractivity (Wildman–Crippen MR) is 132 cm³/mol. The van der Waals surface area contributed by atoms with Gasteiger partial charge in [0.25, 0.3) is 0 Å². The Morgan fingerprint density at radius 3 is 2.09 bits per heavy atom. The summed E-state index contributed by atoms with van der Waals surface area (Å²) < 4.78 is 40.1. The maximum Gasteiger partial charge on any atom is 0.416 e. The van der Waals surface area contributed by atoms with Gasteiger partial charge in [-0.2, -0.15) is 13.2 Å². The maximum absolute atomic E-state index is 13.0. The number of halogens is 3. The molecule has 0 radical (unpaired) electrons. The van der Waals surface area contributed by atoms with Crippen LogP contribution in [0.3, 0.4) is 0 Å². The zero-order chi connectivity index (χ0) is 23.5. The molecule has 34 heavy (non-hydrogen) atoms. The molecule has 0 amide bonds. The van der Waals surface area contributed by atoms with Crippen LogP contribution in [0.4, 0.5) is 18.9 Å². The number of hydrogen-bond donors (Lipinski definition) is 0. The van der Waals surface area contributed by atoms with Gasteiger partial charge in [0.15, 0.2) is 0 Å². The molecule has 5 rings (SSSR count). The smallest absolute Gasteiger partial charge is 0.248 e. The fourth-order valence-electron chi connectivity index (χ4n) is 3.76. The maximum atomic E-state index is 13.0. The lowest BCUT2D eigenvalue weighted by atomic mass is 10.0. The summed E-state index contributed by atoms with van der Waals surface area (Å²) in [6, 6.07) is 31.2. The number of alkyl halides is 3. The molecule has 168 valence electrons. The first-order valence-corrected chi connectivity index (χ1v) is 11.5. The van der Waals surface area contributed by atoms with Crippen molar-refractivity contribution in [1.82, 2.24) is 4.98 Å². The molecule has 0 saturated carbocycles. The van der Waals surface area contributed by atoms with Gasteiger partial charge in [-0.25, -0.2) is 9.98 Å². The van der Waals surface area contributed by atoms with Crippen LogP contribution in [-0.2, 0) is 12.6 Å². The highest BCUT2D eigenvalue weighted by atomic mass is 32.1. The minimum Gasteiger partial charge on any atom is -0.248 e. The Kier molecular flexibility index (Phi) is 5.99. The first-order valence-electron chi connectivity index (χ1n) is 10.7. The molecule has 5 aromatic rings. The molecule has 2 nitrogen and oxygen atoms in total. The van der Waals surface area contributed by atoms with Crippen LogP contribution in [0.15, 0.2) is 108 Å². The van der Waals surface area contributed by atoms with E-state index in [-0.39, 0.29) is 0 Å². The molecule has 0 saturated heterocycles. The Bertz CT molecular complexity index is 1410. The topological polar surface area (TPSA) is 25.2 Å². The summed E-state index contributed by atoms with van der Waals surface area (Å²) in [7, 11) is 0. The van der Waals surface area contributed by atoms with Crippen molar-refractivity contribution in [2.45, 2.75) is 12.6 Å². The van der Waals surface area contributed by atoms with Crippen LogP contribution in [0.25, 0.3) is 10.2 Å². The van der Waals surface area contributed by atoms with E-state index in [1.807, 2.05) is 78.9 Å². The van der Waals surface area contributed by atoms with E-state index in [1.165, 1.54) is 23.5 Å². The molecule has 0 aliphatic carbocycles. The van der Waals surface area contributed by atoms with Crippen molar-refractivity contribution >= 4 is 33.0 Å². The molecule has 1 heterocycles. The fourth-order valence-corrected chi connectivity index (χ4v) is 4.79. The highest BCUT2D eigenvalue weighted by Gasteiger charge is 2.30. The van der Waals surface area contributed by atoms with Crippen LogP contribution < -0.4 is 0 Å². The van der Waals surface area contributed by atoms with Gasteiger partial charge in [-0.15, -0.1) is 11.3 Å². The Morgan fingerprint density at radius 2 is 1.44 bits per heavy atom. The van der Waals surface area contributed by atoms with E-state index in [0.717, 1.165) is 43.8 Å². The molecule has 4 aromatic carbocycles. The second-order valence-electron chi connectivity index (χ2n) is 7.83. The normalized spacial score (nSPS) is 11.5. The Morgan fingerprint density at radius 1 is 0.765 bits per heavy atom. The number of hydrogen-bond acceptors (Lipinski definition) is 3. The van der Waals surface area contributed by atoms with Crippen molar-refractivity contribution in [2.24, 2.45) is 4.99 Å². The minimum atomic E-state index is -4.36. The van der Waals surface area contributed by atoms with Crippen molar-refractivity contribution in [3.63, 3.8) is 0 Å². The minimum absolute atomic E-state index is 0.348. The molecule has 6 heteroatoms. The summed E-state index contributed by atoms with van der Waals surface area (Å²) in [5.41, 5.74) is 4.46. The van der Waals surface area contributed by atoms with Gasteiger partial charge in [0.2, 0.25) is 0 Å². The zero-order valence-electron chi connectivity index (χ0n) is 18.0. The molecule has 0 aliphatic rings. The monoisotopic (exact) mass is 472 g/mol. The summed E-state index contributed by atoms with van der Waals surface area (Å²) in [5.74, 6) is 0. The van der Waals surface area contributed by atoms with E-state index in [2.05, 4.69) is 4.98 Å². The molecule has 0 aliphatic heterocycles. The van der Waals surface area contributed by atoms with Crippen molar-refractivity contribution in [2.75, 3.05) is 0 Å². The number of nitrogens with zero attached hydrogens (tertiary/aromatic N) is 2. The van der Waals surface area contributed by atoms with E-state index in [9.17, 15) is 13.2 Å². The molecule has 0 atom stereocenters. The van der Waals surface area contributed by atoms with Crippen LogP contribution in [0.1, 0.15) is 27.3 Å². The Hall–Kier alpha value is -3.77. The number of benzene rings is 4. The summed E-state index contributed by atoms with van der Waals surface area (Å²) in [6.07, 6.45) is -4.01. The molecule has 0 fully saturated rings. The van der Waals surface area contributed by atoms with E-state index >= 15 is 0 Å². The quantitative estimate of drug-likeness (QED) is 0.237. The number of aromatic nitrogens is 1. The van der Waals surface area contributed by atoms with Gasteiger partial charge >= 0.3 is 6.18 Å². The third-order valence-corrected chi connectivity index (χ3v) is 6.38. The lowest BCUT2D eigenvalue weighted by Gasteiger charge is -2.07. The predicted octanol–water partition coefficient (Wildman–Crippen LogP) is 8.08. The summed E-state index contributed by atoms with van der Waals surface area (Å²) in [5, 5.41) is 0.766. The lowest BCUT2D eigenvalue weighted by Crippen LogP contribution is -2.05.